The second-order valence-electron chi connectivity index (χ2n) is 4.09. The van der Waals surface area contributed by atoms with Gasteiger partial charge in [0.2, 0.25) is 10.0 Å². The molecule has 18 heavy (non-hydrogen) atoms. The summed E-state index contributed by atoms with van der Waals surface area (Å²) in [7, 11) is -3.29. The zero-order valence-electron chi connectivity index (χ0n) is 10.7. The summed E-state index contributed by atoms with van der Waals surface area (Å²) in [6.07, 6.45) is 0.586. The van der Waals surface area contributed by atoms with Gasteiger partial charge in [0, 0.05) is 10.7 Å². The molecular formula is C12H19ClN2O2S. The first-order chi connectivity index (χ1) is 8.44. The van der Waals surface area contributed by atoms with Gasteiger partial charge >= 0.3 is 0 Å². The number of anilines is 1. The average molecular weight is 291 g/mol. The number of benzene rings is 1. The van der Waals surface area contributed by atoms with Crippen LogP contribution in [0.1, 0.15) is 18.9 Å². The van der Waals surface area contributed by atoms with Crippen molar-refractivity contribution in [2.24, 2.45) is 0 Å². The van der Waals surface area contributed by atoms with E-state index in [0.717, 1.165) is 12.1 Å². The van der Waals surface area contributed by atoms with Gasteiger partial charge in [0.1, 0.15) is 0 Å². The number of rotatable bonds is 7. The topological polar surface area (TPSA) is 58.2 Å². The predicted octanol–water partition coefficient (Wildman–Crippen LogP) is 2.39. The van der Waals surface area contributed by atoms with Gasteiger partial charge in [-0.1, -0.05) is 24.6 Å². The molecule has 0 radical (unpaired) electrons. The van der Waals surface area contributed by atoms with Gasteiger partial charge in [-0.3, -0.25) is 4.72 Å². The summed E-state index contributed by atoms with van der Waals surface area (Å²) >= 11 is 5.94. The van der Waals surface area contributed by atoms with Crippen LogP contribution in [-0.4, -0.2) is 27.3 Å². The molecule has 0 saturated carbocycles. The molecule has 0 aliphatic heterocycles. The first-order valence-corrected chi connectivity index (χ1v) is 7.95. The molecule has 0 aliphatic rings. The van der Waals surface area contributed by atoms with Gasteiger partial charge in [-0.05, 0) is 44.1 Å². The highest BCUT2D eigenvalue weighted by Gasteiger charge is 2.10. The molecule has 0 amide bonds. The van der Waals surface area contributed by atoms with Crippen molar-refractivity contribution < 1.29 is 8.42 Å². The largest absolute Gasteiger partial charge is 0.317 e. The standard InChI is InChI=1S/C12H19ClN2O2S/c1-3-14-7-4-8-18(16,17)15-11-6-5-10(2)12(13)9-11/h5-6,9,14-15H,3-4,7-8H2,1-2H3. The first kappa shape index (κ1) is 15.3. The fraction of sp³-hybridized carbons (Fsp3) is 0.500. The molecule has 4 nitrogen and oxygen atoms in total. The Hall–Kier alpha value is -0.780. The van der Waals surface area contributed by atoms with Crippen molar-refractivity contribution in [1.82, 2.24) is 5.32 Å². The van der Waals surface area contributed by atoms with Crippen LogP contribution in [0.5, 0.6) is 0 Å². The fourth-order valence-corrected chi connectivity index (χ4v) is 2.74. The van der Waals surface area contributed by atoms with Crippen LogP contribution < -0.4 is 10.0 Å². The van der Waals surface area contributed by atoms with E-state index in [9.17, 15) is 8.42 Å². The van der Waals surface area contributed by atoms with Crippen LogP contribution in [-0.2, 0) is 10.0 Å². The summed E-state index contributed by atoms with van der Waals surface area (Å²) in [5.74, 6) is 0.103. The van der Waals surface area contributed by atoms with E-state index in [1.54, 1.807) is 18.2 Å². The van der Waals surface area contributed by atoms with Crippen LogP contribution in [0.2, 0.25) is 5.02 Å². The number of hydrogen-bond donors (Lipinski definition) is 2. The highest BCUT2D eigenvalue weighted by Crippen LogP contribution is 2.20. The van der Waals surface area contributed by atoms with Crippen LogP contribution in [0.25, 0.3) is 0 Å². The van der Waals surface area contributed by atoms with Crippen molar-refractivity contribution in [3.63, 3.8) is 0 Å². The molecule has 0 unspecified atom stereocenters. The number of halogens is 1. The van der Waals surface area contributed by atoms with E-state index in [0.29, 0.717) is 23.7 Å². The molecule has 0 aliphatic carbocycles. The Morgan fingerprint density at radius 3 is 2.67 bits per heavy atom. The van der Waals surface area contributed by atoms with Gasteiger partial charge in [-0.2, -0.15) is 0 Å². The van der Waals surface area contributed by atoms with E-state index < -0.39 is 10.0 Å². The van der Waals surface area contributed by atoms with Gasteiger partial charge in [-0.25, -0.2) is 8.42 Å². The molecular weight excluding hydrogens is 272 g/mol. The second kappa shape index (κ2) is 6.97. The summed E-state index contributed by atoms with van der Waals surface area (Å²) in [6.45, 7) is 5.41. The molecule has 1 aromatic carbocycles. The minimum atomic E-state index is -3.29. The molecule has 1 rings (SSSR count). The highest BCUT2D eigenvalue weighted by molar-refractivity contribution is 7.92. The van der Waals surface area contributed by atoms with Crippen molar-refractivity contribution in [2.75, 3.05) is 23.6 Å². The summed E-state index contributed by atoms with van der Waals surface area (Å²) in [6, 6.07) is 5.13. The Balaban J connectivity index is 2.56. The van der Waals surface area contributed by atoms with E-state index in [4.69, 9.17) is 11.6 Å². The first-order valence-electron chi connectivity index (χ1n) is 5.92. The lowest BCUT2D eigenvalue weighted by molar-refractivity contribution is 0.595. The van der Waals surface area contributed by atoms with Crippen molar-refractivity contribution >= 4 is 27.3 Å². The molecule has 2 N–H and O–H groups in total. The Morgan fingerprint density at radius 1 is 1.33 bits per heavy atom. The van der Waals surface area contributed by atoms with Crippen LogP contribution in [0.4, 0.5) is 5.69 Å². The molecule has 0 atom stereocenters. The van der Waals surface area contributed by atoms with Gasteiger partial charge in [-0.15, -0.1) is 0 Å². The molecule has 0 spiro atoms. The lowest BCUT2D eigenvalue weighted by Gasteiger charge is -2.09. The van der Waals surface area contributed by atoms with Crippen LogP contribution in [0.15, 0.2) is 18.2 Å². The number of hydrogen-bond acceptors (Lipinski definition) is 3. The van der Waals surface area contributed by atoms with E-state index in [2.05, 4.69) is 10.0 Å². The Bertz CT molecular complexity index is 489. The van der Waals surface area contributed by atoms with Crippen LogP contribution in [0, 0.1) is 6.92 Å². The van der Waals surface area contributed by atoms with E-state index >= 15 is 0 Å². The summed E-state index contributed by atoms with van der Waals surface area (Å²) in [4.78, 5) is 0. The maximum atomic E-state index is 11.8. The lowest BCUT2D eigenvalue weighted by atomic mass is 10.2. The maximum Gasteiger partial charge on any atom is 0.232 e. The van der Waals surface area contributed by atoms with Crippen LogP contribution >= 0.6 is 11.6 Å². The minimum absolute atomic E-state index is 0.103. The molecule has 6 heteroatoms. The summed E-state index contributed by atoms with van der Waals surface area (Å²) in [5.41, 5.74) is 1.43. The van der Waals surface area contributed by atoms with Gasteiger partial charge in [0.15, 0.2) is 0 Å². The Labute approximate surface area is 114 Å². The monoisotopic (exact) mass is 290 g/mol. The molecule has 0 bridgehead atoms. The number of sulfonamides is 1. The second-order valence-corrected chi connectivity index (χ2v) is 6.34. The SMILES string of the molecule is CCNCCCS(=O)(=O)Nc1ccc(C)c(Cl)c1. The number of aryl methyl sites for hydroxylation is 1. The van der Waals surface area contributed by atoms with Gasteiger partial charge in [0.25, 0.3) is 0 Å². The highest BCUT2D eigenvalue weighted by atomic mass is 35.5. The number of nitrogens with one attached hydrogen (secondary N) is 2. The zero-order chi connectivity index (χ0) is 13.6. The molecule has 0 saturated heterocycles. The molecule has 1 aromatic rings. The third kappa shape index (κ3) is 5.25. The Morgan fingerprint density at radius 2 is 2.06 bits per heavy atom. The van der Waals surface area contributed by atoms with E-state index in [1.165, 1.54) is 0 Å². The molecule has 0 aromatic heterocycles. The van der Waals surface area contributed by atoms with Crippen molar-refractivity contribution in [2.45, 2.75) is 20.3 Å². The average Bonchev–Trinajstić information content (AvgIpc) is 2.29. The zero-order valence-corrected chi connectivity index (χ0v) is 12.2. The normalized spacial score (nSPS) is 11.5. The summed E-state index contributed by atoms with van der Waals surface area (Å²) < 4.78 is 26.1. The third-order valence-corrected chi connectivity index (χ3v) is 4.24. The van der Waals surface area contributed by atoms with Crippen molar-refractivity contribution in [1.29, 1.82) is 0 Å². The van der Waals surface area contributed by atoms with Gasteiger partial charge in [0.05, 0.1) is 5.75 Å². The van der Waals surface area contributed by atoms with Crippen molar-refractivity contribution in [3.05, 3.63) is 28.8 Å². The fourth-order valence-electron chi connectivity index (χ4n) is 1.45. The van der Waals surface area contributed by atoms with E-state index in [1.807, 2.05) is 13.8 Å². The van der Waals surface area contributed by atoms with Gasteiger partial charge < -0.3 is 5.32 Å². The molecule has 102 valence electrons. The predicted molar refractivity (Wildman–Crippen MR) is 76.8 cm³/mol. The maximum absolute atomic E-state index is 11.8. The molecule has 0 heterocycles. The van der Waals surface area contributed by atoms with Crippen molar-refractivity contribution in [3.8, 4) is 0 Å². The lowest BCUT2D eigenvalue weighted by Crippen LogP contribution is -2.21. The third-order valence-electron chi connectivity index (χ3n) is 2.46. The summed E-state index contributed by atoms with van der Waals surface area (Å²) in [5, 5.41) is 3.65. The van der Waals surface area contributed by atoms with Crippen LogP contribution in [0.3, 0.4) is 0 Å². The molecule has 0 fully saturated rings. The Kier molecular flexibility index (Phi) is 5.91. The smallest absolute Gasteiger partial charge is 0.232 e. The quantitative estimate of drug-likeness (QED) is 0.758. The minimum Gasteiger partial charge on any atom is -0.317 e. The van der Waals surface area contributed by atoms with E-state index in [-0.39, 0.29) is 5.75 Å².